The highest BCUT2D eigenvalue weighted by atomic mass is 16.7. The van der Waals surface area contributed by atoms with Gasteiger partial charge in [-0.15, -0.1) is 0 Å². The van der Waals surface area contributed by atoms with Crippen molar-refractivity contribution >= 4 is 5.91 Å². The van der Waals surface area contributed by atoms with Crippen molar-refractivity contribution in [3.63, 3.8) is 0 Å². The van der Waals surface area contributed by atoms with E-state index < -0.39 is 61.5 Å². The highest BCUT2D eigenvalue weighted by Crippen LogP contribution is 2.23. The lowest BCUT2D eigenvalue weighted by atomic mass is 9.99. The molecule has 1 saturated heterocycles. The highest BCUT2D eigenvalue weighted by molar-refractivity contribution is 5.80. The predicted octanol–water partition coefficient (Wildman–Crippen LogP) is 13.2. The van der Waals surface area contributed by atoms with Crippen LogP contribution in [0.25, 0.3) is 0 Å². The van der Waals surface area contributed by atoms with E-state index in [1.54, 1.807) is 6.08 Å². The van der Waals surface area contributed by atoms with Gasteiger partial charge in [0.25, 0.3) is 0 Å². The van der Waals surface area contributed by atoms with Gasteiger partial charge in [0.2, 0.25) is 5.91 Å². The predicted molar refractivity (Wildman–Crippen MR) is 283 cm³/mol. The molecule has 1 aliphatic heterocycles. The molecule has 0 bridgehead atoms. The lowest BCUT2D eigenvalue weighted by Crippen LogP contribution is -2.60. The molecule has 1 aliphatic rings. The molecule has 8 atom stereocenters. The zero-order chi connectivity index (χ0) is 49.6. The van der Waals surface area contributed by atoms with E-state index in [1.807, 2.05) is 6.08 Å². The second-order valence-electron chi connectivity index (χ2n) is 20.6. The van der Waals surface area contributed by atoms with Gasteiger partial charge in [-0.25, -0.2) is 0 Å². The second-order valence-corrected chi connectivity index (χ2v) is 20.6. The van der Waals surface area contributed by atoms with E-state index in [0.717, 1.165) is 44.9 Å². The third-order valence-electron chi connectivity index (χ3n) is 14.1. The minimum absolute atomic E-state index is 0.303. The van der Waals surface area contributed by atoms with Crippen LogP contribution in [0.15, 0.2) is 24.3 Å². The number of rotatable bonds is 50. The van der Waals surface area contributed by atoms with Gasteiger partial charge >= 0.3 is 0 Å². The monoisotopic (exact) mass is 966 g/mol. The van der Waals surface area contributed by atoms with Crippen LogP contribution in [-0.2, 0) is 14.3 Å². The van der Waals surface area contributed by atoms with Crippen molar-refractivity contribution in [2.45, 2.75) is 326 Å². The van der Waals surface area contributed by atoms with Crippen LogP contribution in [0.1, 0.15) is 277 Å². The number of amides is 1. The van der Waals surface area contributed by atoms with Gasteiger partial charge in [-0.05, 0) is 44.9 Å². The van der Waals surface area contributed by atoms with Crippen LogP contribution in [0.5, 0.6) is 0 Å². The smallest absolute Gasteiger partial charge is 0.249 e. The van der Waals surface area contributed by atoms with Crippen LogP contribution in [0.4, 0.5) is 0 Å². The van der Waals surface area contributed by atoms with Crippen molar-refractivity contribution in [1.82, 2.24) is 5.32 Å². The van der Waals surface area contributed by atoms with Gasteiger partial charge in [0, 0.05) is 0 Å². The third-order valence-corrected chi connectivity index (χ3v) is 14.1. The Hall–Kier alpha value is -1.37. The average molecular weight is 967 g/mol. The summed E-state index contributed by atoms with van der Waals surface area (Å²) in [5, 5.41) is 64.9. The van der Waals surface area contributed by atoms with Crippen molar-refractivity contribution in [3.05, 3.63) is 24.3 Å². The Balaban J connectivity index is 2.15. The Kier molecular flexibility index (Phi) is 45.6. The number of carbonyl (C=O) groups is 1. The van der Waals surface area contributed by atoms with Gasteiger partial charge in [0.15, 0.2) is 6.29 Å². The molecule has 10 heteroatoms. The van der Waals surface area contributed by atoms with Crippen molar-refractivity contribution < 1.29 is 44.9 Å². The zero-order valence-electron chi connectivity index (χ0n) is 44.2. The molecule has 1 heterocycles. The van der Waals surface area contributed by atoms with Crippen LogP contribution in [0.3, 0.4) is 0 Å². The molecule has 0 aliphatic carbocycles. The summed E-state index contributed by atoms with van der Waals surface area (Å²) < 4.78 is 11.2. The molecule has 0 radical (unpaired) electrons. The fourth-order valence-corrected chi connectivity index (χ4v) is 9.40. The Labute approximate surface area is 418 Å². The first-order valence-electron chi connectivity index (χ1n) is 29.2. The van der Waals surface area contributed by atoms with Crippen LogP contribution < -0.4 is 5.32 Å². The summed E-state index contributed by atoms with van der Waals surface area (Å²) in [6.45, 7) is 3.62. The third kappa shape index (κ3) is 36.5. The molecule has 1 fully saturated rings. The lowest BCUT2D eigenvalue weighted by Gasteiger charge is -2.40. The average Bonchev–Trinajstić information content (AvgIpc) is 3.34. The summed E-state index contributed by atoms with van der Waals surface area (Å²) in [5.41, 5.74) is 0. The number of aliphatic hydroxyl groups excluding tert-OH is 6. The van der Waals surface area contributed by atoms with Crippen LogP contribution in [0, 0.1) is 0 Å². The van der Waals surface area contributed by atoms with E-state index in [9.17, 15) is 35.4 Å². The standard InChI is InChI=1S/C58H111NO9/c1-3-5-7-9-11-13-15-17-18-19-20-21-22-23-24-25-26-27-28-29-30-31-32-33-34-35-37-39-41-43-45-47-52(62)57(66)59-50(49-67-58-56(65)55(64)54(63)53(48-60)68-58)51(61)46-44-42-40-38-36-16-14-12-10-8-6-4-2/h23-24,44,46,50-56,58,60-65H,3-22,25-43,45,47-49H2,1-2H3,(H,59,66)/b24-23-,46-44+. The minimum atomic E-state index is -1.61. The topological polar surface area (TPSA) is 169 Å². The number of hydrogen-bond donors (Lipinski definition) is 7. The largest absolute Gasteiger partial charge is 0.394 e. The summed E-state index contributed by atoms with van der Waals surface area (Å²) in [5.74, 6) is -0.613. The fraction of sp³-hybridized carbons (Fsp3) is 0.914. The molecule has 7 N–H and O–H groups in total. The maximum Gasteiger partial charge on any atom is 0.249 e. The summed E-state index contributed by atoms with van der Waals surface area (Å²) in [4.78, 5) is 13.1. The Morgan fingerprint density at radius 2 is 0.853 bits per heavy atom. The molecule has 1 rings (SSSR count). The number of allylic oxidation sites excluding steroid dienone is 3. The first-order chi connectivity index (χ1) is 33.3. The number of unbranched alkanes of at least 4 members (excludes halogenated alkanes) is 37. The maximum absolute atomic E-state index is 13.1. The molecular formula is C58H111NO9. The Morgan fingerprint density at radius 3 is 1.24 bits per heavy atom. The van der Waals surface area contributed by atoms with Crippen LogP contribution in [-0.4, -0.2) is 98.7 Å². The van der Waals surface area contributed by atoms with E-state index in [4.69, 9.17) is 9.47 Å². The van der Waals surface area contributed by atoms with E-state index >= 15 is 0 Å². The van der Waals surface area contributed by atoms with Crippen LogP contribution >= 0.6 is 0 Å². The molecule has 8 unspecified atom stereocenters. The van der Waals surface area contributed by atoms with E-state index in [1.165, 1.54) is 212 Å². The highest BCUT2D eigenvalue weighted by Gasteiger charge is 2.44. The van der Waals surface area contributed by atoms with Gasteiger partial charge in [-0.1, -0.05) is 256 Å². The molecule has 0 aromatic carbocycles. The first kappa shape index (κ1) is 64.6. The zero-order valence-corrected chi connectivity index (χ0v) is 44.2. The molecule has 10 nitrogen and oxygen atoms in total. The molecule has 0 saturated carbocycles. The Bertz CT molecular complexity index is 1140. The van der Waals surface area contributed by atoms with E-state index in [-0.39, 0.29) is 6.61 Å². The van der Waals surface area contributed by atoms with Crippen LogP contribution in [0.2, 0.25) is 0 Å². The van der Waals surface area contributed by atoms with Crippen molar-refractivity contribution in [3.8, 4) is 0 Å². The van der Waals surface area contributed by atoms with Gasteiger partial charge in [0.05, 0.1) is 25.4 Å². The van der Waals surface area contributed by atoms with Gasteiger partial charge in [-0.3, -0.25) is 4.79 Å². The van der Waals surface area contributed by atoms with Crippen molar-refractivity contribution in [2.24, 2.45) is 0 Å². The SMILES string of the molecule is CCCCCCCCCCCC/C=C/C(O)C(COC1OC(CO)C(O)C(O)C1O)NC(=O)C(O)CCCCCCCCCCCCCCCCC/C=C\CCCCCCCCCCCCCC. The second kappa shape index (κ2) is 47.9. The van der Waals surface area contributed by atoms with Crippen molar-refractivity contribution in [2.75, 3.05) is 13.2 Å². The molecule has 0 spiro atoms. The van der Waals surface area contributed by atoms with E-state index in [2.05, 4.69) is 31.3 Å². The number of aliphatic hydroxyl groups is 6. The molecule has 0 aromatic heterocycles. The normalized spacial score (nSPS) is 20.1. The summed E-state index contributed by atoms with van der Waals surface area (Å²) in [6.07, 6.45) is 50.2. The number of carbonyl (C=O) groups excluding carboxylic acids is 1. The number of ether oxygens (including phenoxy) is 2. The van der Waals surface area contributed by atoms with Crippen molar-refractivity contribution in [1.29, 1.82) is 0 Å². The molecule has 1 amide bonds. The summed E-state index contributed by atoms with van der Waals surface area (Å²) in [6, 6.07) is -0.977. The molecule has 68 heavy (non-hydrogen) atoms. The van der Waals surface area contributed by atoms with Gasteiger partial charge in [0.1, 0.15) is 30.5 Å². The summed E-state index contributed by atoms with van der Waals surface area (Å²) >= 11 is 0. The maximum atomic E-state index is 13.1. The molecular weight excluding hydrogens is 855 g/mol. The quantitative estimate of drug-likeness (QED) is 0.0232. The minimum Gasteiger partial charge on any atom is -0.394 e. The lowest BCUT2D eigenvalue weighted by molar-refractivity contribution is -0.302. The molecule has 0 aromatic rings. The number of nitrogens with one attached hydrogen (secondary N) is 1. The molecule has 402 valence electrons. The fourth-order valence-electron chi connectivity index (χ4n) is 9.40. The summed E-state index contributed by atoms with van der Waals surface area (Å²) in [7, 11) is 0. The van der Waals surface area contributed by atoms with E-state index in [0.29, 0.717) is 6.42 Å². The van der Waals surface area contributed by atoms with Gasteiger partial charge < -0.3 is 45.4 Å². The van der Waals surface area contributed by atoms with Gasteiger partial charge in [-0.2, -0.15) is 0 Å². The Morgan fingerprint density at radius 1 is 0.500 bits per heavy atom. The first-order valence-corrected chi connectivity index (χ1v) is 29.2. The number of hydrogen-bond acceptors (Lipinski definition) is 9.